The van der Waals surface area contributed by atoms with Crippen LogP contribution < -0.4 is 0 Å². The molecule has 0 saturated carbocycles. The second-order valence-electron chi connectivity index (χ2n) is 5.15. The molecule has 0 radical (unpaired) electrons. The SMILES string of the molecule is CCC(C)(O)CN1CC(c2ccccc2)C1. The molecule has 1 aliphatic heterocycles. The molecule has 0 bridgehead atoms. The number of nitrogens with zero attached hydrogens (tertiary/aromatic N) is 1. The highest BCUT2D eigenvalue weighted by atomic mass is 16.3. The lowest BCUT2D eigenvalue weighted by Gasteiger charge is -2.43. The summed E-state index contributed by atoms with van der Waals surface area (Å²) in [6.07, 6.45) is 0.819. The molecule has 0 spiro atoms. The fraction of sp³-hybridized carbons (Fsp3) is 0.571. The van der Waals surface area contributed by atoms with Gasteiger partial charge in [0.05, 0.1) is 5.60 Å². The predicted octanol–water partition coefficient (Wildman–Crippen LogP) is 2.25. The molecular formula is C14H21NO. The van der Waals surface area contributed by atoms with Crippen LogP contribution in [0.3, 0.4) is 0 Å². The largest absolute Gasteiger partial charge is 0.389 e. The summed E-state index contributed by atoms with van der Waals surface area (Å²) in [5.74, 6) is 0.661. The molecule has 16 heavy (non-hydrogen) atoms. The van der Waals surface area contributed by atoms with Crippen molar-refractivity contribution < 1.29 is 5.11 Å². The van der Waals surface area contributed by atoms with E-state index in [2.05, 4.69) is 35.2 Å². The van der Waals surface area contributed by atoms with Crippen molar-refractivity contribution >= 4 is 0 Å². The number of hydrogen-bond acceptors (Lipinski definition) is 2. The van der Waals surface area contributed by atoms with Crippen LogP contribution in [0.15, 0.2) is 30.3 Å². The summed E-state index contributed by atoms with van der Waals surface area (Å²) in [4.78, 5) is 2.33. The summed E-state index contributed by atoms with van der Waals surface area (Å²) >= 11 is 0. The lowest BCUT2D eigenvalue weighted by molar-refractivity contribution is -0.00863. The van der Waals surface area contributed by atoms with E-state index in [-0.39, 0.29) is 0 Å². The van der Waals surface area contributed by atoms with Gasteiger partial charge in [0.15, 0.2) is 0 Å². The topological polar surface area (TPSA) is 23.5 Å². The Bertz CT molecular complexity index is 328. The summed E-state index contributed by atoms with van der Waals surface area (Å²) in [6.45, 7) is 6.92. The van der Waals surface area contributed by atoms with Crippen LogP contribution in [0.1, 0.15) is 31.7 Å². The van der Waals surface area contributed by atoms with Crippen molar-refractivity contribution in [1.29, 1.82) is 0 Å². The average Bonchev–Trinajstić information content (AvgIpc) is 2.24. The lowest BCUT2D eigenvalue weighted by Crippen LogP contribution is -2.51. The van der Waals surface area contributed by atoms with Crippen LogP contribution in [-0.4, -0.2) is 35.2 Å². The summed E-state index contributed by atoms with van der Waals surface area (Å²) in [5, 5.41) is 9.97. The van der Waals surface area contributed by atoms with Crippen LogP contribution in [0.4, 0.5) is 0 Å². The van der Waals surface area contributed by atoms with Crippen LogP contribution >= 0.6 is 0 Å². The monoisotopic (exact) mass is 219 g/mol. The van der Waals surface area contributed by atoms with Gasteiger partial charge >= 0.3 is 0 Å². The van der Waals surface area contributed by atoms with E-state index in [0.717, 1.165) is 26.1 Å². The first-order valence-corrected chi connectivity index (χ1v) is 6.10. The third kappa shape index (κ3) is 2.63. The molecule has 2 rings (SSSR count). The summed E-state index contributed by atoms with van der Waals surface area (Å²) in [6, 6.07) is 10.6. The predicted molar refractivity (Wildman–Crippen MR) is 66.5 cm³/mol. The average molecular weight is 219 g/mol. The summed E-state index contributed by atoms with van der Waals surface area (Å²) < 4.78 is 0. The minimum Gasteiger partial charge on any atom is -0.389 e. The maximum atomic E-state index is 9.97. The van der Waals surface area contributed by atoms with E-state index in [1.54, 1.807) is 0 Å². The van der Waals surface area contributed by atoms with E-state index in [4.69, 9.17) is 0 Å². The highest BCUT2D eigenvalue weighted by Gasteiger charge is 2.32. The van der Waals surface area contributed by atoms with Gasteiger partial charge in [0.1, 0.15) is 0 Å². The van der Waals surface area contributed by atoms with E-state index in [9.17, 15) is 5.11 Å². The van der Waals surface area contributed by atoms with Crippen molar-refractivity contribution in [1.82, 2.24) is 4.90 Å². The Kier molecular flexibility index (Phi) is 3.31. The zero-order chi connectivity index (χ0) is 11.6. The smallest absolute Gasteiger partial charge is 0.0743 e. The van der Waals surface area contributed by atoms with E-state index < -0.39 is 5.60 Å². The van der Waals surface area contributed by atoms with Crippen molar-refractivity contribution in [3.05, 3.63) is 35.9 Å². The zero-order valence-electron chi connectivity index (χ0n) is 10.2. The normalized spacial score (nSPS) is 21.4. The molecule has 88 valence electrons. The molecule has 0 amide bonds. The van der Waals surface area contributed by atoms with E-state index in [0.29, 0.717) is 5.92 Å². The van der Waals surface area contributed by atoms with Crippen molar-refractivity contribution in [2.75, 3.05) is 19.6 Å². The van der Waals surface area contributed by atoms with E-state index >= 15 is 0 Å². The molecule has 2 heteroatoms. The highest BCUT2D eigenvalue weighted by Crippen LogP contribution is 2.28. The minimum atomic E-state index is -0.526. The van der Waals surface area contributed by atoms with Gasteiger partial charge in [-0.3, -0.25) is 4.90 Å². The van der Waals surface area contributed by atoms with Crippen LogP contribution in [-0.2, 0) is 0 Å². The number of benzene rings is 1. The third-order valence-electron chi connectivity index (χ3n) is 3.55. The van der Waals surface area contributed by atoms with Gasteiger partial charge < -0.3 is 5.11 Å². The number of β-amino-alcohol motifs (C(OH)–C–C–N with tert-alkyl or cyclic N) is 1. The lowest BCUT2D eigenvalue weighted by atomic mass is 9.89. The Hall–Kier alpha value is -0.860. The number of aliphatic hydroxyl groups is 1. The zero-order valence-corrected chi connectivity index (χ0v) is 10.2. The molecular weight excluding hydrogens is 198 g/mol. The minimum absolute atomic E-state index is 0.526. The van der Waals surface area contributed by atoms with Gasteiger partial charge in [0.2, 0.25) is 0 Å². The molecule has 0 aromatic heterocycles. The molecule has 1 unspecified atom stereocenters. The maximum Gasteiger partial charge on any atom is 0.0743 e. The van der Waals surface area contributed by atoms with Gasteiger partial charge in [-0.05, 0) is 18.9 Å². The highest BCUT2D eigenvalue weighted by molar-refractivity contribution is 5.22. The van der Waals surface area contributed by atoms with Crippen LogP contribution in [0.25, 0.3) is 0 Å². The molecule has 1 saturated heterocycles. The third-order valence-corrected chi connectivity index (χ3v) is 3.55. The van der Waals surface area contributed by atoms with Crippen LogP contribution in [0.2, 0.25) is 0 Å². The molecule has 1 atom stereocenters. The van der Waals surface area contributed by atoms with Gasteiger partial charge in [0, 0.05) is 25.6 Å². The molecule has 1 N–H and O–H groups in total. The Morgan fingerprint density at radius 2 is 1.94 bits per heavy atom. The Morgan fingerprint density at radius 1 is 1.31 bits per heavy atom. The molecule has 1 fully saturated rings. The Balaban J connectivity index is 1.83. The Labute approximate surface area is 97.9 Å². The molecule has 1 aliphatic rings. The van der Waals surface area contributed by atoms with Crippen LogP contribution in [0.5, 0.6) is 0 Å². The summed E-state index contributed by atoms with van der Waals surface area (Å²) in [5.41, 5.74) is 0.900. The van der Waals surface area contributed by atoms with Gasteiger partial charge in [0.25, 0.3) is 0 Å². The first kappa shape index (κ1) is 11.6. The fourth-order valence-corrected chi connectivity index (χ4v) is 2.23. The number of hydrogen-bond donors (Lipinski definition) is 1. The number of rotatable bonds is 4. The Morgan fingerprint density at radius 3 is 2.50 bits per heavy atom. The molecule has 0 aliphatic carbocycles. The van der Waals surface area contributed by atoms with Gasteiger partial charge in [-0.2, -0.15) is 0 Å². The second-order valence-corrected chi connectivity index (χ2v) is 5.15. The van der Waals surface area contributed by atoms with Gasteiger partial charge in [-0.1, -0.05) is 37.3 Å². The quantitative estimate of drug-likeness (QED) is 0.839. The molecule has 2 nitrogen and oxygen atoms in total. The molecule has 1 heterocycles. The van der Waals surface area contributed by atoms with E-state index in [1.165, 1.54) is 5.56 Å². The van der Waals surface area contributed by atoms with Crippen molar-refractivity contribution in [2.45, 2.75) is 31.8 Å². The van der Waals surface area contributed by atoms with Crippen LogP contribution in [0, 0.1) is 0 Å². The van der Waals surface area contributed by atoms with Gasteiger partial charge in [-0.15, -0.1) is 0 Å². The molecule has 1 aromatic rings. The standard InChI is InChI=1S/C14H21NO/c1-3-14(2,16)11-15-9-13(10-15)12-7-5-4-6-8-12/h4-8,13,16H,3,9-11H2,1-2H3. The van der Waals surface area contributed by atoms with Crippen molar-refractivity contribution in [3.8, 4) is 0 Å². The maximum absolute atomic E-state index is 9.97. The van der Waals surface area contributed by atoms with Crippen molar-refractivity contribution in [2.24, 2.45) is 0 Å². The number of likely N-dealkylation sites (tertiary alicyclic amines) is 1. The summed E-state index contributed by atoms with van der Waals surface area (Å²) in [7, 11) is 0. The first-order chi connectivity index (χ1) is 7.61. The molecule has 1 aromatic carbocycles. The second kappa shape index (κ2) is 4.56. The fourth-order valence-electron chi connectivity index (χ4n) is 2.23. The van der Waals surface area contributed by atoms with Gasteiger partial charge in [-0.25, -0.2) is 0 Å². The first-order valence-electron chi connectivity index (χ1n) is 6.10. The van der Waals surface area contributed by atoms with E-state index in [1.807, 2.05) is 13.8 Å². The van der Waals surface area contributed by atoms with Crippen molar-refractivity contribution in [3.63, 3.8) is 0 Å².